The molecule has 31 heavy (non-hydrogen) atoms. The molecule has 0 spiro atoms. The first-order valence-corrected chi connectivity index (χ1v) is 8.19. The summed E-state index contributed by atoms with van der Waals surface area (Å²) in [6, 6.07) is 0. The van der Waals surface area contributed by atoms with Crippen LogP contribution in [0, 0.1) is 0 Å². The molecule has 0 bridgehead atoms. The smallest absolute Gasteiger partial charge is 0.394 e. The van der Waals surface area contributed by atoms with Crippen molar-refractivity contribution in [3.05, 3.63) is 0 Å². The first-order chi connectivity index (χ1) is 13.1. The Bertz CT molecular complexity index is 589. The first kappa shape index (κ1) is 45.6. The summed E-state index contributed by atoms with van der Waals surface area (Å²) in [6.07, 6.45) is 0. The molecule has 0 aliphatic rings. The second-order valence-electron chi connectivity index (χ2n) is 3.00. The van der Waals surface area contributed by atoms with Crippen LogP contribution < -0.4 is 45.9 Å². The minimum atomic E-state index is -4.67. The van der Waals surface area contributed by atoms with Crippen molar-refractivity contribution in [2.24, 2.45) is 66.5 Å². The number of nitrogens with two attached hydrogens (primary N) is 8. The van der Waals surface area contributed by atoms with Crippen molar-refractivity contribution in [1.82, 2.24) is 0 Å². The van der Waals surface area contributed by atoms with E-state index in [4.69, 9.17) is 55.9 Å². The third-order valence-electron chi connectivity index (χ3n) is 0.462. The number of oxime groups is 4. The molecule has 0 heterocycles. The van der Waals surface area contributed by atoms with Gasteiger partial charge >= 0.3 is 20.8 Å². The van der Waals surface area contributed by atoms with Crippen molar-refractivity contribution in [2.45, 2.75) is 0 Å². The minimum Gasteiger partial charge on any atom is -0.412 e. The number of nitrogens with zero attached hydrogens (tertiary/aromatic N) is 4. The summed E-state index contributed by atoms with van der Waals surface area (Å²) in [5.74, 6) is -1.26. The monoisotopic (exact) mass is 514 g/mol. The van der Waals surface area contributed by atoms with E-state index in [2.05, 4.69) is 66.5 Å². The number of hydrogen-bond donors (Lipinski definition) is 16. The molecule has 0 rings (SSSR count). The minimum absolute atomic E-state index is 0. The molecule has 27 heteroatoms. The van der Waals surface area contributed by atoms with Gasteiger partial charge in [0, 0.05) is 0 Å². The van der Waals surface area contributed by atoms with Gasteiger partial charge in [0.1, 0.15) is 0 Å². The lowest BCUT2D eigenvalue weighted by Gasteiger charge is -1.75. The van der Waals surface area contributed by atoms with Gasteiger partial charge in [0.05, 0.1) is 0 Å². The zero-order chi connectivity index (χ0) is 26.1. The topological polar surface area (TPSA) is 519 Å². The normalized spacial score (nSPS) is 7.87. The SMILES string of the molecule is NC(N)=NO.NC(N)=NO.NC(N)=NO.NC(N)=NO.O.O=S(=O)(O)O.O=S(=O)(O)O. The summed E-state index contributed by atoms with van der Waals surface area (Å²) in [7, 11) is -9.33. The van der Waals surface area contributed by atoms with Crippen LogP contribution in [-0.2, 0) is 20.8 Å². The largest absolute Gasteiger partial charge is 0.412 e. The molecule has 0 aliphatic carbocycles. The maximum atomic E-state index is 8.74. The van der Waals surface area contributed by atoms with Crippen LogP contribution >= 0.6 is 0 Å². The fourth-order valence-electron chi connectivity index (χ4n) is 0. The van der Waals surface area contributed by atoms with E-state index in [-0.39, 0.29) is 29.3 Å². The molecule has 0 unspecified atom stereocenters. The Kier molecular flexibility index (Phi) is 41.5. The van der Waals surface area contributed by atoms with E-state index in [9.17, 15) is 0 Å². The zero-order valence-corrected chi connectivity index (χ0v) is 16.6. The highest BCUT2D eigenvalue weighted by Crippen LogP contribution is 1.59. The van der Waals surface area contributed by atoms with Crippen molar-refractivity contribution < 1.29 is 61.4 Å². The summed E-state index contributed by atoms with van der Waals surface area (Å²) in [6.45, 7) is 0. The van der Waals surface area contributed by atoms with Gasteiger partial charge in [-0.1, -0.05) is 20.6 Å². The first-order valence-electron chi connectivity index (χ1n) is 5.40. The summed E-state index contributed by atoms with van der Waals surface area (Å²) in [5, 5.41) is 39.4. The van der Waals surface area contributed by atoms with Gasteiger partial charge in [-0.15, -0.1) is 0 Å². The van der Waals surface area contributed by atoms with Gasteiger partial charge in [0.2, 0.25) is 23.8 Å². The molecular formula is C4H26N12O13S2. The number of hydrogen-bond acceptors (Lipinski definition) is 12. The van der Waals surface area contributed by atoms with Gasteiger partial charge in [0.25, 0.3) is 0 Å². The zero-order valence-electron chi connectivity index (χ0n) is 14.9. The molecule has 26 N–H and O–H groups in total. The third kappa shape index (κ3) is 943. The molecule has 0 fully saturated rings. The van der Waals surface area contributed by atoms with Gasteiger partial charge in [-0.2, -0.15) is 16.8 Å². The van der Waals surface area contributed by atoms with E-state index in [0.29, 0.717) is 0 Å². The fraction of sp³-hybridized carbons (Fsp3) is 0. The molecule has 0 amide bonds. The second kappa shape index (κ2) is 28.2. The molecule has 0 aromatic rings. The predicted molar refractivity (Wildman–Crippen MR) is 102 cm³/mol. The van der Waals surface area contributed by atoms with Crippen LogP contribution in [0.4, 0.5) is 0 Å². The molecule has 0 aromatic carbocycles. The van der Waals surface area contributed by atoms with Crippen LogP contribution in [-0.4, -0.2) is 85.2 Å². The predicted octanol–water partition coefficient (Wildman–Crippen LogP) is -7.53. The third-order valence-corrected chi connectivity index (χ3v) is 0.462. The highest BCUT2D eigenvalue weighted by atomic mass is 32.3. The Hall–Kier alpha value is -4.02. The van der Waals surface area contributed by atoms with Crippen LogP contribution in [0.1, 0.15) is 0 Å². The summed E-state index contributed by atoms with van der Waals surface area (Å²) < 4.78 is 63.2. The molecule has 0 atom stereocenters. The van der Waals surface area contributed by atoms with Crippen LogP contribution in [0.5, 0.6) is 0 Å². The highest BCUT2D eigenvalue weighted by molar-refractivity contribution is 7.80. The summed E-state index contributed by atoms with van der Waals surface area (Å²) >= 11 is 0. The van der Waals surface area contributed by atoms with Crippen molar-refractivity contribution in [3.8, 4) is 0 Å². The van der Waals surface area contributed by atoms with E-state index < -0.39 is 20.8 Å². The van der Waals surface area contributed by atoms with Gasteiger partial charge in [-0.05, 0) is 0 Å². The van der Waals surface area contributed by atoms with Gasteiger partial charge in [-0.25, -0.2) is 0 Å². The lowest BCUT2D eigenvalue weighted by molar-refractivity contribution is 0.317. The van der Waals surface area contributed by atoms with Crippen LogP contribution in [0.25, 0.3) is 0 Å². The van der Waals surface area contributed by atoms with Gasteiger partial charge in [0.15, 0.2) is 0 Å². The second-order valence-corrected chi connectivity index (χ2v) is 4.79. The fourth-order valence-corrected chi connectivity index (χ4v) is 0. The van der Waals surface area contributed by atoms with Gasteiger partial charge < -0.3 is 72.2 Å². The van der Waals surface area contributed by atoms with E-state index in [1.54, 1.807) is 0 Å². The van der Waals surface area contributed by atoms with Gasteiger partial charge in [-0.3, -0.25) is 18.2 Å². The average molecular weight is 514 g/mol. The van der Waals surface area contributed by atoms with Crippen molar-refractivity contribution >= 4 is 44.6 Å². The molecule has 0 aliphatic heterocycles. The van der Waals surface area contributed by atoms with Crippen LogP contribution in [0.15, 0.2) is 20.6 Å². The highest BCUT2D eigenvalue weighted by Gasteiger charge is 1.85. The van der Waals surface area contributed by atoms with E-state index in [1.165, 1.54) is 0 Å². The Morgan fingerprint density at radius 3 is 0.484 bits per heavy atom. The molecule has 192 valence electrons. The molecule has 25 nitrogen and oxygen atoms in total. The van der Waals surface area contributed by atoms with Crippen molar-refractivity contribution in [1.29, 1.82) is 0 Å². The molecule has 0 saturated heterocycles. The van der Waals surface area contributed by atoms with E-state index in [0.717, 1.165) is 0 Å². The van der Waals surface area contributed by atoms with E-state index in [1.807, 2.05) is 0 Å². The molecule has 0 aromatic heterocycles. The number of rotatable bonds is 0. The maximum Gasteiger partial charge on any atom is 0.394 e. The van der Waals surface area contributed by atoms with Crippen molar-refractivity contribution in [2.75, 3.05) is 0 Å². The summed E-state index contributed by atoms with van der Waals surface area (Å²) in [4.78, 5) is 0. The quantitative estimate of drug-likeness (QED) is 0.0468. The molecular weight excluding hydrogens is 488 g/mol. The Balaban J connectivity index is -0.0000000443. The van der Waals surface area contributed by atoms with Crippen molar-refractivity contribution in [3.63, 3.8) is 0 Å². The molecule has 0 radical (unpaired) electrons. The Morgan fingerprint density at radius 2 is 0.484 bits per heavy atom. The maximum absolute atomic E-state index is 8.74. The lowest BCUT2D eigenvalue weighted by atomic mass is 11.1. The number of guanidine groups is 4. The summed E-state index contributed by atoms with van der Waals surface area (Å²) in [5.41, 5.74) is 36.6. The average Bonchev–Trinajstić information content (AvgIpc) is 2.53. The molecule has 0 saturated carbocycles. The Labute approximate surface area is 173 Å². The lowest BCUT2D eigenvalue weighted by Crippen LogP contribution is -2.21. The van der Waals surface area contributed by atoms with Crippen LogP contribution in [0.3, 0.4) is 0 Å². The Morgan fingerprint density at radius 1 is 0.452 bits per heavy atom. The van der Waals surface area contributed by atoms with E-state index >= 15 is 0 Å². The van der Waals surface area contributed by atoms with Crippen LogP contribution in [0.2, 0.25) is 0 Å². The standard InChI is InChI=1S/4CH5N3O.2H2O4S.H2O/c4*2-1(3)4-5;2*1-5(2,3)4;/h4*5H,(H4,2,3,4);2*(H2,1,2,3,4);1H2.